The molecule has 3 heteroatoms. The molecule has 0 aromatic carbocycles. The van der Waals surface area contributed by atoms with Crippen LogP contribution in [0.5, 0.6) is 0 Å². The monoisotopic (exact) mass is 356 g/mol. The van der Waals surface area contributed by atoms with Crippen LogP contribution in [-0.4, -0.2) is 6.61 Å². The van der Waals surface area contributed by atoms with E-state index in [2.05, 4.69) is 68.2 Å². The van der Waals surface area contributed by atoms with Crippen molar-refractivity contribution in [3.63, 3.8) is 0 Å². The molecule has 0 fully saturated rings. The molecular formula is C16H23ClOZr. The van der Waals surface area contributed by atoms with Gasteiger partial charge >= 0.3 is 26.2 Å². The predicted molar refractivity (Wildman–Crippen MR) is 79.1 cm³/mol. The molecule has 0 saturated heterocycles. The summed E-state index contributed by atoms with van der Waals surface area (Å²) in [6.45, 7) is 10.8. The van der Waals surface area contributed by atoms with Crippen molar-refractivity contribution < 1.29 is 30.5 Å². The van der Waals surface area contributed by atoms with Gasteiger partial charge in [-0.3, -0.25) is 16.4 Å². The fourth-order valence-corrected chi connectivity index (χ4v) is 1.30. The second-order valence-electron chi connectivity index (χ2n) is 4.18. The van der Waals surface area contributed by atoms with Gasteiger partial charge in [0.15, 0.2) is 0 Å². The van der Waals surface area contributed by atoms with Crippen molar-refractivity contribution in [1.82, 2.24) is 0 Å². The summed E-state index contributed by atoms with van der Waals surface area (Å²) in [6.07, 6.45) is 12.8. The van der Waals surface area contributed by atoms with Gasteiger partial charge < -0.3 is 0 Å². The van der Waals surface area contributed by atoms with Crippen molar-refractivity contribution in [1.29, 1.82) is 0 Å². The van der Waals surface area contributed by atoms with Gasteiger partial charge in [0.1, 0.15) is 0 Å². The Morgan fingerprint density at radius 2 is 1.32 bits per heavy atom. The van der Waals surface area contributed by atoms with Crippen molar-refractivity contribution in [3.05, 3.63) is 46.6 Å². The van der Waals surface area contributed by atoms with E-state index in [0.717, 1.165) is 12.8 Å². The van der Waals surface area contributed by atoms with Crippen LogP contribution in [0, 0.1) is 12.2 Å². The van der Waals surface area contributed by atoms with Crippen LogP contribution in [0.3, 0.4) is 0 Å². The minimum atomic E-state index is 0. The Bertz CT molecular complexity index is 297. The van der Waals surface area contributed by atoms with E-state index in [9.17, 15) is 0 Å². The van der Waals surface area contributed by atoms with Gasteiger partial charge in [0, 0.05) is 0 Å². The molecule has 0 radical (unpaired) electrons. The van der Waals surface area contributed by atoms with E-state index in [1.165, 1.54) is 22.3 Å². The van der Waals surface area contributed by atoms with E-state index < -0.39 is 0 Å². The van der Waals surface area contributed by atoms with Crippen LogP contribution in [0.25, 0.3) is 0 Å². The Morgan fingerprint density at radius 3 is 1.37 bits per heavy atom. The Kier molecular flexibility index (Phi) is 14.7. The molecule has 0 aromatic heterocycles. The summed E-state index contributed by atoms with van der Waals surface area (Å²) < 4.78 is 4.01. The van der Waals surface area contributed by atoms with Gasteiger partial charge in [0.2, 0.25) is 0 Å². The molecule has 0 spiro atoms. The van der Waals surface area contributed by atoms with Crippen molar-refractivity contribution in [2.45, 2.75) is 47.5 Å². The fraction of sp³-hybridized carbons (Fsp3) is 0.500. The molecular weight excluding hydrogens is 335 g/mol. The molecule has 0 unspecified atom stereocenters. The molecule has 0 N–H and O–H groups in total. The Labute approximate surface area is 142 Å². The molecule has 2 rings (SSSR count). The van der Waals surface area contributed by atoms with Crippen LogP contribution < -0.4 is 0 Å². The maximum Gasteiger partial charge on any atom is 2.00 e. The summed E-state index contributed by atoms with van der Waals surface area (Å²) in [5, 5.41) is 0. The number of halogens is 1. The maximum absolute atomic E-state index is 4.69. The van der Waals surface area contributed by atoms with Crippen molar-refractivity contribution in [2.24, 2.45) is 0 Å². The first-order valence-electron chi connectivity index (χ1n) is 6.25. The van der Waals surface area contributed by atoms with Crippen LogP contribution in [0.2, 0.25) is 0 Å². The smallest absolute Gasteiger partial charge is 0.280 e. The topological polar surface area (TPSA) is 9.23 Å². The molecule has 2 aliphatic carbocycles. The summed E-state index contributed by atoms with van der Waals surface area (Å²) >= 11 is 4.69. The molecule has 0 heterocycles. The number of hydrogen-bond donors (Lipinski definition) is 0. The molecule has 0 amide bonds. The predicted octanol–water partition coefficient (Wildman–Crippen LogP) is 5.35. The summed E-state index contributed by atoms with van der Waals surface area (Å²) in [5.74, 6) is 0. The molecule has 0 aromatic rings. The minimum Gasteiger partial charge on any atom is -0.280 e. The second kappa shape index (κ2) is 13.1. The van der Waals surface area contributed by atoms with Gasteiger partial charge in [0.05, 0.1) is 18.5 Å². The molecule has 0 saturated carbocycles. The van der Waals surface area contributed by atoms with E-state index in [4.69, 9.17) is 0 Å². The zero-order valence-electron chi connectivity index (χ0n) is 12.6. The number of rotatable bonds is 1. The quantitative estimate of drug-likeness (QED) is 0.575. The standard InChI is InChI=1S/2C7H9.C2H5ClO.Zr/c2*1-6-4-3-5-7(6)2;1-2-4-3;/h2*4H,3H2,1-2H3;2H2,1H3;/q2*-1;;+2. The number of allylic oxidation sites excluding steroid dienone is 8. The summed E-state index contributed by atoms with van der Waals surface area (Å²) in [4.78, 5) is 0. The largest absolute Gasteiger partial charge is 2.00 e. The van der Waals surface area contributed by atoms with Gasteiger partial charge in [-0.05, 0) is 6.92 Å². The van der Waals surface area contributed by atoms with Gasteiger partial charge in [0.25, 0.3) is 0 Å². The zero-order valence-corrected chi connectivity index (χ0v) is 15.8. The van der Waals surface area contributed by atoms with Crippen LogP contribution >= 0.6 is 11.9 Å². The van der Waals surface area contributed by atoms with E-state index in [1.54, 1.807) is 0 Å². The zero-order chi connectivity index (χ0) is 14.0. The summed E-state index contributed by atoms with van der Waals surface area (Å²) in [5.41, 5.74) is 5.42. The number of hydrogen-bond acceptors (Lipinski definition) is 1. The van der Waals surface area contributed by atoms with E-state index in [-0.39, 0.29) is 26.2 Å². The first-order chi connectivity index (χ1) is 8.52. The average molecular weight is 358 g/mol. The van der Waals surface area contributed by atoms with Gasteiger partial charge in [-0.2, -0.15) is 12.2 Å². The van der Waals surface area contributed by atoms with Gasteiger partial charge in [-0.25, -0.2) is 22.3 Å². The molecule has 2 aliphatic rings. The molecule has 1 nitrogen and oxygen atoms in total. The molecule has 0 bridgehead atoms. The van der Waals surface area contributed by atoms with Crippen molar-refractivity contribution in [2.75, 3.05) is 6.61 Å². The SMILES string of the molecule is CC1=[C-]CC=C1C.CC1=[C-]CC=C1C.CCOCl.[Zr+2]. The first-order valence-corrected chi connectivity index (χ1v) is 6.56. The molecule has 104 valence electrons. The van der Waals surface area contributed by atoms with Crippen LogP contribution in [0.4, 0.5) is 0 Å². The van der Waals surface area contributed by atoms with Crippen LogP contribution in [0.15, 0.2) is 34.4 Å². The molecule has 0 aliphatic heterocycles. The Morgan fingerprint density at radius 1 is 1.00 bits per heavy atom. The summed E-state index contributed by atoms with van der Waals surface area (Å²) in [6, 6.07) is 0. The third-order valence-corrected chi connectivity index (χ3v) is 3.06. The van der Waals surface area contributed by atoms with Crippen LogP contribution in [-0.2, 0) is 30.5 Å². The minimum absolute atomic E-state index is 0. The van der Waals surface area contributed by atoms with E-state index in [1.807, 2.05) is 6.92 Å². The van der Waals surface area contributed by atoms with Gasteiger partial charge in [-0.1, -0.05) is 13.8 Å². The van der Waals surface area contributed by atoms with E-state index >= 15 is 0 Å². The van der Waals surface area contributed by atoms with E-state index in [0.29, 0.717) is 6.61 Å². The van der Waals surface area contributed by atoms with Crippen molar-refractivity contribution >= 4 is 11.9 Å². The summed E-state index contributed by atoms with van der Waals surface area (Å²) in [7, 11) is 0. The van der Waals surface area contributed by atoms with Crippen LogP contribution in [0.1, 0.15) is 47.5 Å². The van der Waals surface area contributed by atoms with Crippen molar-refractivity contribution in [3.8, 4) is 0 Å². The first kappa shape index (κ1) is 21.4. The molecule has 0 atom stereocenters. The van der Waals surface area contributed by atoms with Gasteiger partial charge in [-0.15, -0.1) is 26.7 Å². The third kappa shape index (κ3) is 10.5. The fourth-order valence-electron chi connectivity index (χ4n) is 1.30. The Hall–Kier alpha value is 0.0931. The maximum atomic E-state index is 4.69. The molecule has 19 heavy (non-hydrogen) atoms. The second-order valence-corrected chi connectivity index (χ2v) is 4.40. The Balaban J connectivity index is 0. The average Bonchev–Trinajstić information content (AvgIpc) is 2.91. The third-order valence-electron chi connectivity index (χ3n) is 2.84. The normalized spacial score (nSPS) is 15.7.